The zero-order valence-electron chi connectivity index (χ0n) is 19.4. The smallest absolute Gasteiger partial charge is 0.433 e. The zero-order chi connectivity index (χ0) is 24.5. The molecule has 0 unspecified atom stereocenters. The van der Waals surface area contributed by atoms with Gasteiger partial charge in [0.15, 0.2) is 11.5 Å². The zero-order valence-corrected chi connectivity index (χ0v) is 19.4. The van der Waals surface area contributed by atoms with E-state index in [9.17, 15) is 18.0 Å². The minimum Gasteiger partial charge on any atom is -0.493 e. The monoisotopic (exact) mass is 478 g/mol. The van der Waals surface area contributed by atoms with Crippen LogP contribution in [0.5, 0.6) is 11.5 Å². The fraction of sp³-hybridized carbons (Fsp3) is 0.500. The summed E-state index contributed by atoms with van der Waals surface area (Å²) in [5, 5.41) is 5.57. The molecule has 34 heavy (non-hydrogen) atoms. The number of likely N-dealkylation sites (N-methyl/N-ethyl adjacent to an activating group) is 1. The lowest BCUT2D eigenvalue weighted by atomic mass is 9.65. The maximum Gasteiger partial charge on any atom is 0.433 e. The second-order valence-electron chi connectivity index (χ2n) is 8.97. The Labute approximate surface area is 196 Å². The topological polar surface area (TPSA) is 75.7 Å². The van der Waals surface area contributed by atoms with E-state index in [4.69, 9.17) is 9.47 Å². The van der Waals surface area contributed by atoms with Crippen LogP contribution in [0.25, 0.3) is 0 Å². The Kier molecular flexibility index (Phi) is 6.62. The van der Waals surface area contributed by atoms with Gasteiger partial charge in [-0.25, -0.2) is 9.78 Å². The molecule has 1 saturated carbocycles. The number of methoxy groups -OCH3 is 2. The van der Waals surface area contributed by atoms with E-state index in [1.54, 1.807) is 14.2 Å². The molecular weight excluding hydrogens is 449 g/mol. The van der Waals surface area contributed by atoms with E-state index in [2.05, 4.69) is 39.7 Å². The van der Waals surface area contributed by atoms with Gasteiger partial charge in [0.25, 0.3) is 0 Å². The summed E-state index contributed by atoms with van der Waals surface area (Å²) in [6.45, 7) is 0.954. The molecule has 1 aliphatic heterocycles. The van der Waals surface area contributed by atoms with Gasteiger partial charge < -0.3 is 25.0 Å². The molecule has 2 amide bonds. The number of nitrogens with one attached hydrogen (secondary N) is 2. The molecule has 2 aromatic rings. The number of hydrogen-bond acceptors (Lipinski definition) is 5. The Morgan fingerprint density at radius 3 is 2.56 bits per heavy atom. The molecule has 2 fully saturated rings. The minimum atomic E-state index is -4.52. The highest BCUT2D eigenvalue weighted by Gasteiger charge is 2.50. The van der Waals surface area contributed by atoms with Gasteiger partial charge in [0.05, 0.1) is 26.1 Å². The molecule has 1 aromatic carbocycles. The Morgan fingerprint density at radius 2 is 1.91 bits per heavy atom. The third-order valence-corrected chi connectivity index (χ3v) is 7.13. The summed E-state index contributed by atoms with van der Waals surface area (Å²) in [5.74, 6) is 1.39. The molecule has 2 N–H and O–H groups in total. The van der Waals surface area contributed by atoms with Gasteiger partial charge in [-0.05, 0) is 69.1 Å². The molecule has 10 heteroatoms. The van der Waals surface area contributed by atoms with Gasteiger partial charge in [0.2, 0.25) is 0 Å². The van der Waals surface area contributed by atoms with Crippen molar-refractivity contribution in [1.29, 1.82) is 0 Å². The second kappa shape index (κ2) is 9.32. The van der Waals surface area contributed by atoms with Gasteiger partial charge in [-0.3, -0.25) is 0 Å². The molecule has 0 radical (unpaired) electrons. The number of urea groups is 1. The molecule has 1 aliphatic carbocycles. The fourth-order valence-corrected chi connectivity index (χ4v) is 5.38. The van der Waals surface area contributed by atoms with Crippen molar-refractivity contribution in [2.45, 2.75) is 49.4 Å². The van der Waals surface area contributed by atoms with E-state index in [1.807, 2.05) is 6.07 Å². The van der Waals surface area contributed by atoms with Crippen LogP contribution in [0.15, 0.2) is 36.5 Å². The standard InChI is InChI=1S/C24H29F3N4O3/c1-31-11-10-23(15-4-6-18(33-2)19(12-15)34-3)9-8-16(13-21(23)31)29-22(32)30-17-5-7-20(28-14-17)24(25,26)27/h4-7,12,14,16,21H,8-11,13H2,1-3H3,(H2,29,30,32)/t16-,21+,23-/m0/s1. The van der Waals surface area contributed by atoms with Gasteiger partial charge in [-0.15, -0.1) is 0 Å². The molecule has 184 valence electrons. The van der Waals surface area contributed by atoms with E-state index < -0.39 is 17.9 Å². The number of carbonyl (C=O) groups is 1. The van der Waals surface area contributed by atoms with Crippen molar-refractivity contribution in [1.82, 2.24) is 15.2 Å². The predicted octanol–water partition coefficient (Wildman–Crippen LogP) is 4.43. The summed E-state index contributed by atoms with van der Waals surface area (Å²) in [6, 6.07) is 7.87. The first-order valence-corrected chi connectivity index (χ1v) is 11.2. The van der Waals surface area contributed by atoms with E-state index in [-0.39, 0.29) is 23.2 Å². The average Bonchev–Trinajstić information content (AvgIpc) is 3.15. The van der Waals surface area contributed by atoms with Crippen LogP contribution >= 0.6 is 0 Å². The van der Waals surface area contributed by atoms with Crippen LogP contribution in [0.1, 0.15) is 36.9 Å². The number of halogens is 3. The molecule has 3 atom stereocenters. The predicted molar refractivity (Wildman–Crippen MR) is 121 cm³/mol. The summed E-state index contributed by atoms with van der Waals surface area (Å²) < 4.78 is 49.0. The third-order valence-electron chi connectivity index (χ3n) is 7.13. The van der Waals surface area contributed by atoms with Crippen molar-refractivity contribution in [3.8, 4) is 11.5 Å². The summed E-state index contributed by atoms with van der Waals surface area (Å²) in [4.78, 5) is 18.2. The first-order chi connectivity index (χ1) is 16.2. The molecule has 0 spiro atoms. The van der Waals surface area contributed by atoms with Crippen molar-refractivity contribution in [2.24, 2.45) is 0 Å². The molecule has 1 aromatic heterocycles. The molecular formula is C24H29F3N4O3. The number of likely N-dealkylation sites (tertiary alicyclic amines) is 1. The summed E-state index contributed by atoms with van der Waals surface area (Å²) in [7, 11) is 5.34. The Hall–Kier alpha value is -3.01. The number of aromatic nitrogens is 1. The lowest BCUT2D eigenvalue weighted by molar-refractivity contribution is -0.141. The van der Waals surface area contributed by atoms with Crippen LogP contribution in [0.2, 0.25) is 0 Å². The van der Waals surface area contributed by atoms with Crippen molar-refractivity contribution >= 4 is 11.7 Å². The van der Waals surface area contributed by atoms with Gasteiger partial charge in [0, 0.05) is 17.5 Å². The number of amides is 2. The quantitative estimate of drug-likeness (QED) is 0.665. The van der Waals surface area contributed by atoms with Crippen LogP contribution in [-0.4, -0.2) is 55.8 Å². The van der Waals surface area contributed by atoms with Crippen molar-refractivity contribution < 1.29 is 27.4 Å². The Morgan fingerprint density at radius 1 is 1.15 bits per heavy atom. The SMILES string of the molecule is COc1ccc([C@@]23CC[C@H](NC(=O)Nc4ccc(C(F)(F)F)nc4)C[C@H]2N(C)CC3)cc1OC. The maximum absolute atomic E-state index is 12.7. The van der Waals surface area contributed by atoms with Gasteiger partial charge in [0.1, 0.15) is 5.69 Å². The maximum atomic E-state index is 12.7. The normalized spacial score (nSPS) is 24.9. The van der Waals surface area contributed by atoms with Crippen molar-refractivity contribution in [2.75, 3.05) is 33.1 Å². The number of pyridine rings is 1. The highest BCUT2D eigenvalue weighted by molar-refractivity contribution is 5.89. The lowest BCUT2D eigenvalue weighted by Crippen LogP contribution is -2.52. The number of rotatable bonds is 5. The molecule has 2 heterocycles. The largest absolute Gasteiger partial charge is 0.493 e. The number of alkyl halides is 3. The number of carbonyl (C=O) groups excluding carboxylic acids is 1. The highest BCUT2D eigenvalue weighted by atomic mass is 19.4. The van der Waals surface area contributed by atoms with Gasteiger partial charge in [-0.2, -0.15) is 13.2 Å². The minimum absolute atomic E-state index is 0.0414. The number of ether oxygens (including phenoxy) is 2. The van der Waals surface area contributed by atoms with Crippen LogP contribution in [-0.2, 0) is 11.6 Å². The Balaban J connectivity index is 1.43. The third kappa shape index (κ3) is 4.64. The summed E-state index contributed by atoms with van der Waals surface area (Å²) >= 11 is 0. The van der Waals surface area contributed by atoms with Crippen molar-refractivity contribution in [3.63, 3.8) is 0 Å². The van der Waals surface area contributed by atoms with Crippen LogP contribution < -0.4 is 20.1 Å². The number of fused-ring (bicyclic) bond motifs is 1. The van der Waals surface area contributed by atoms with E-state index in [0.717, 1.165) is 44.5 Å². The lowest BCUT2D eigenvalue weighted by Gasteiger charge is -2.45. The molecule has 1 saturated heterocycles. The van der Waals surface area contributed by atoms with Crippen LogP contribution in [0, 0.1) is 0 Å². The second-order valence-corrected chi connectivity index (χ2v) is 8.97. The first-order valence-electron chi connectivity index (χ1n) is 11.2. The van der Waals surface area contributed by atoms with E-state index in [1.165, 1.54) is 11.6 Å². The van der Waals surface area contributed by atoms with Crippen LogP contribution in [0.4, 0.5) is 23.7 Å². The molecule has 2 aliphatic rings. The number of hydrogen-bond donors (Lipinski definition) is 2. The van der Waals surface area contributed by atoms with Crippen molar-refractivity contribution in [3.05, 3.63) is 47.8 Å². The fourth-order valence-electron chi connectivity index (χ4n) is 5.38. The highest BCUT2D eigenvalue weighted by Crippen LogP contribution is 2.49. The van der Waals surface area contributed by atoms with Gasteiger partial charge >= 0.3 is 12.2 Å². The summed E-state index contributed by atoms with van der Waals surface area (Å²) in [6.07, 6.45) is -0.0440. The average molecular weight is 479 g/mol. The Bertz CT molecular complexity index is 1030. The summed E-state index contributed by atoms with van der Waals surface area (Å²) in [5.41, 5.74) is 0.374. The number of benzene rings is 1. The molecule has 0 bridgehead atoms. The number of anilines is 1. The van der Waals surface area contributed by atoms with E-state index in [0.29, 0.717) is 11.5 Å². The molecule has 4 rings (SSSR count). The van der Waals surface area contributed by atoms with E-state index >= 15 is 0 Å². The van der Waals surface area contributed by atoms with Crippen LogP contribution in [0.3, 0.4) is 0 Å². The molecule has 7 nitrogen and oxygen atoms in total. The number of nitrogens with zero attached hydrogens (tertiary/aromatic N) is 2. The van der Waals surface area contributed by atoms with Gasteiger partial charge in [-0.1, -0.05) is 6.07 Å². The first kappa shape index (κ1) is 24.1.